The molecule has 14 heavy (non-hydrogen) atoms. The van der Waals surface area contributed by atoms with Crippen molar-refractivity contribution in [3.8, 4) is 0 Å². The lowest BCUT2D eigenvalue weighted by atomic mass is 10.2. The summed E-state index contributed by atoms with van der Waals surface area (Å²) in [5.74, 6) is -0.307. The topological polar surface area (TPSA) is 61.4 Å². The zero-order valence-electron chi connectivity index (χ0n) is 7.67. The van der Waals surface area contributed by atoms with E-state index in [1.165, 1.54) is 0 Å². The van der Waals surface area contributed by atoms with Crippen LogP contribution in [0.1, 0.15) is 5.56 Å². The molecule has 0 aromatic heterocycles. The van der Waals surface area contributed by atoms with E-state index in [1.54, 1.807) is 23.7 Å². The maximum atomic E-state index is 11.1. The quantitative estimate of drug-likeness (QED) is 0.670. The van der Waals surface area contributed by atoms with Crippen LogP contribution in [0, 0.1) is 6.92 Å². The van der Waals surface area contributed by atoms with Gasteiger partial charge in [-0.25, -0.2) is 0 Å². The van der Waals surface area contributed by atoms with Crippen molar-refractivity contribution in [2.24, 2.45) is 0 Å². The molecule has 0 aliphatic rings. The van der Waals surface area contributed by atoms with E-state index < -0.39 is 0 Å². The van der Waals surface area contributed by atoms with Gasteiger partial charge in [0, 0.05) is 10.7 Å². The summed E-state index contributed by atoms with van der Waals surface area (Å²) in [6.45, 7) is 1.70. The SMILES string of the molecule is Cc1cc(Cl)ccc1NC(=O)CNO. The third kappa shape index (κ3) is 2.99. The molecular formula is C9H11ClN2O2. The fourth-order valence-corrected chi connectivity index (χ4v) is 1.26. The Morgan fingerprint density at radius 3 is 2.86 bits per heavy atom. The van der Waals surface area contributed by atoms with Gasteiger partial charge in [-0.1, -0.05) is 11.6 Å². The number of benzene rings is 1. The van der Waals surface area contributed by atoms with Gasteiger partial charge in [-0.3, -0.25) is 4.79 Å². The lowest BCUT2D eigenvalue weighted by Crippen LogP contribution is -2.25. The Morgan fingerprint density at radius 1 is 1.57 bits per heavy atom. The Labute approximate surface area is 86.8 Å². The highest BCUT2D eigenvalue weighted by atomic mass is 35.5. The molecule has 0 heterocycles. The summed E-state index contributed by atoms with van der Waals surface area (Å²) < 4.78 is 0. The number of amides is 1. The summed E-state index contributed by atoms with van der Waals surface area (Å²) in [5.41, 5.74) is 3.35. The van der Waals surface area contributed by atoms with Crippen molar-refractivity contribution in [2.75, 3.05) is 11.9 Å². The Bertz CT molecular complexity index is 342. The lowest BCUT2D eigenvalue weighted by molar-refractivity contribution is -0.116. The number of aryl methyl sites for hydroxylation is 1. The number of hydrogen-bond acceptors (Lipinski definition) is 3. The van der Waals surface area contributed by atoms with Crippen LogP contribution in [0.25, 0.3) is 0 Å². The lowest BCUT2D eigenvalue weighted by Gasteiger charge is -2.07. The second-order valence-electron chi connectivity index (χ2n) is 2.84. The molecule has 1 rings (SSSR count). The monoisotopic (exact) mass is 214 g/mol. The van der Waals surface area contributed by atoms with Crippen LogP contribution in [0.2, 0.25) is 5.02 Å². The molecule has 5 heteroatoms. The number of carbonyl (C=O) groups excluding carboxylic acids is 1. The van der Waals surface area contributed by atoms with Crippen molar-refractivity contribution >= 4 is 23.2 Å². The van der Waals surface area contributed by atoms with Gasteiger partial charge in [0.05, 0.1) is 0 Å². The Kier molecular flexibility index (Phi) is 3.88. The number of halogens is 1. The second-order valence-corrected chi connectivity index (χ2v) is 3.28. The first-order valence-electron chi connectivity index (χ1n) is 4.06. The van der Waals surface area contributed by atoms with Gasteiger partial charge >= 0.3 is 0 Å². The molecule has 1 aromatic carbocycles. The molecule has 0 unspecified atom stereocenters. The van der Waals surface area contributed by atoms with E-state index in [9.17, 15) is 4.79 Å². The smallest absolute Gasteiger partial charge is 0.240 e. The second kappa shape index (κ2) is 4.95. The van der Waals surface area contributed by atoms with Gasteiger partial charge < -0.3 is 10.5 Å². The maximum Gasteiger partial charge on any atom is 0.240 e. The number of hydroxylamine groups is 1. The molecule has 0 spiro atoms. The van der Waals surface area contributed by atoms with Gasteiger partial charge in [0.25, 0.3) is 0 Å². The van der Waals surface area contributed by atoms with Crippen molar-refractivity contribution in [3.05, 3.63) is 28.8 Å². The first-order chi connectivity index (χ1) is 6.63. The average molecular weight is 215 g/mol. The molecule has 0 aliphatic carbocycles. The molecule has 0 fully saturated rings. The molecule has 1 amide bonds. The summed E-state index contributed by atoms with van der Waals surface area (Å²) in [6.07, 6.45) is 0. The van der Waals surface area contributed by atoms with Crippen LogP contribution < -0.4 is 10.8 Å². The molecule has 4 nitrogen and oxygen atoms in total. The van der Waals surface area contributed by atoms with Crippen molar-refractivity contribution in [2.45, 2.75) is 6.92 Å². The van der Waals surface area contributed by atoms with Gasteiger partial charge in [0.15, 0.2) is 0 Å². The minimum atomic E-state index is -0.307. The highest BCUT2D eigenvalue weighted by Gasteiger charge is 2.03. The number of carbonyl (C=O) groups is 1. The molecule has 76 valence electrons. The Morgan fingerprint density at radius 2 is 2.29 bits per heavy atom. The Balaban J connectivity index is 2.72. The van der Waals surface area contributed by atoms with E-state index in [-0.39, 0.29) is 12.5 Å². The van der Waals surface area contributed by atoms with Gasteiger partial charge in [-0.2, -0.15) is 5.48 Å². The summed E-state index contributed by atoms with van der Waals surface area (Å²) in [6, 6.07) is 5.16. The molecule has 0 aliphatic heterocycles. The molecule has 0 atom stereocenters. The van der Waals surface area contributed by atoms with E-state index in [4.69, 9.17) is 16.8 Å². The number of anilines is 1. The van der Waals surface area contributed by atoms with Crippen LogP contribution in [0.4, 0.5) is 5.69 Å². The van der Waals surface area contributed by atoms with Gasteiger partial charge in [0.2, 0.25) is 5.91 Å². The zero-order valence-corrected chi connectivity index (χ0v) is 8.43. The largest absolute Gasteiger partial charge is 0.325 e. The van der Waals surface area contributed by atoms with Crippen LogP contribution in [-0.4, -0.2) is 17.7 Å². The van der Waals surface area contributed by atoms with Gasteiger partial charge in [-0.15, -0.1) is 0 Å². The number of nitrogens with one attached hydrogen (secondary N) is 2. The van der Waals surface area contributed by atoms with Crippen molar-refractivity contribution in [1.82, 2.24) is 5.48 Å². The summed E-state index contributed by atoms with van der Waals surface area (Å²) in [5, 5.41) is 11.5. The van der Waals surface area contributed by atoms with Crippen LogP contribution in [0.3, 0.4) is 0 Å². The summed E-state index contributed by atoms with van der Waals surface area (Å²) in [7, 11) is 0. The van der Waals surface area contributed by atoms with E-state index in [0.717, 1.165) is 5.56 Å². The number of rotatable bonds is 3. The molecular weight excluding hydrogens is 204 g/mol. The highest BCUT2D eigenvalue weighted by molar-refractivity contribution is 6.30. The van der Waals surface area contributed by atoms with Crippen molar-refractivity contribution in [1.29, 1.82) is 0 Å². The predicted molar refractivity (Wildman–Crippen MR) is 54.6 cm³/mol. The first kappa shape index (κ1) is 11.0. The third-order valence-corrected chi connectivity index (χ3v) is 1.94. The average Bonchev–Trinajstić information content (AvgIpc) is 2.10. The predicted octanol–water partition coefficient (Wildman–Crippen LogP) is 1.57. The Hall–Kier alpha value is -1.10. The van der Waals surface area contributed by atoms with Crippen molar-refractivity contribution < 1.29 is 10.0 Å². The fraction of sp³-hybridized carbons (Fsp3) is 0.222. The summed E-state index contributed by atoms with van der Waals surface area (Å²) in [4.78, 5) is 11.1. The standard InChI is InChI=1S/C9H11ClN2O2/c1-6-4-7(10)2-3-8(6)12-9(13)5-11-14/h2-4,11,14H,5H2,1H3,(H,12,13). The van der Waals surface area contributed by atoms with Gasteiger partial charge in [0.1, 0.15) is 6.54 Å². The molecule has 3 N–H and O–H groups in total. The highest BCUT2D eigenvalue weighted by Crippen LogP contribution is 2.19. The van der Waals surface area contributed by atoms with E-state index in [0.29, 0.717) is 10.7 Å². The molecule has 0 saturated carbocycles. The van der Waals surface area contributed by atoms with E-state index >= 15 is 0 Å². The first-order valence-corrected chi connectivity index (χ1v) is 4.44. The minimum Gasteiger partial charge on any atom is -0.325 e. The van der Waals surface area contributed by atoms with Crippen molar-refractivity contribution in [3.63, 3.8) is 0 Å². The molecule has 0 bridgehead atoms. The summed E-state index contributed by atoms with van der Waals surface area (Å²) >= 11 is 5.75. The molecule has 0 saturated heterocycles. The molecule has 0 radical (unpaired) electrons. The maximum absolute atomic E-state index is 11.1. The molecule has 1 aromatic rings. The van der Waals surface area contributed by atoms with Gasteiger partial charge in [-0.05, 0) is 30.7 Å². The minimum absolute atomic E-state index is 0.137. The van der Waals surface area contributed by atoms with Crippen LogP contribution in [0.5, 0.6) is 0 Å². The van der Waals surface area contributed by atoms with E-state index in [2.05, 4.69) is 5.32 Å². The number of hydrogen-bond donors (Lipinski definition) is 3. The van der Waals surface area contributed by atoms with Crippen LogP contribution in [0.15, 0.2) is 18.2 Å². The third-order valence-electron chi connectivity index (χ3n) is 1.70. The zero-order chi connectivity index (χ0) is 10.6. The normalized spacial score (nSPS) is 9.93. The van der Waals surface area contributed by atoms with Crippen LogP contribution in [-0.2, 0) is 4.79 Å². The van der Waals surface area contributed by atoms with Crippen LogP contribution >= 0.6 is 11.6 Å². The fourth-order valence-electron chi connectivity index (χ4n) is 1.03. The van der Waals surface area contributed by atoms with E-state index in [1.807, 2.05) is 6.92 Å².